The minimum Gasteiger partial charge on any atom is -0.431 e. The number of alkyl halides is 3. The molecule has 25 heavy (non-hydrogen) atoms. The highest BCUT2D eigenvalue weighted by molar-refractivity contribution is 6.04. The lowest BCUT2D eigenvalue weighted by Crippen LogP contribution is -2.18. The predicted molar refractivity (Wildman–Crippen MR) is 86.1 cm³/mol. The Labute approximate surface area is 141 Å². The van der Waals surface area contributed by atoms with E-state index >= 15 is 0 Å². The van der Waals surface area contributed by atoms with Crippen LogP contribution in [0.4, 0.5) is 18.9 Å². The maximum absolute atomic E-state index is 13.2. The molecule has 0 aliphatic carbocycles. The summed E-state index contributed by atoms with van der Waals surface area (Å²) < 4.78 is 44.5. The molecule has 0 aliphatic heterocycles. The van der Waals surface area contributed by atoms with Crippen molar-refractivity contribution >= 4 is 11.6 Å². The van der Waals surface area contributed by atoms with E-state index in [0.717, 1.165) is 5.56 Å². The van der Waals surface area contributed by atoms with E-state index in [1.54, 1.807) is 54.6 Å². The van der Waals surface area contributed by atoms with Crippen molar-refractivity contribution in [3.05, 3.63) is 71.6 Å². The highest BCUT2D eigenvalue weighted by Gasteiger charge is 2.42. The van der Waals surface area contributed by atoms with Crippen LogP contribution in [0.1, 0.15) is 21.8 Å². The molecular formula is C18H13F3N2O2. The van der Waals surface area contributed by atoms with E-state index < -0.39 is 23.5 Å². The number of hydrogen-bond donors (Lipinski definition) is 1. The molecule has 0 saturated heterocycles. The molecule has 7 heteroatoms. The van der Waals surface area contributed by atoms with Crippen LogP contribution in [0.2, 0.25) is 0 Å². The number of aryl methyl sites for hydroxylation is 1. The highest BCUT2D eigenvalue weighted by atomic mass is 19.4. The molecule has 4 nitrogen and oxygen atoms in total. The van der Waals surface area contributed by atoms with Crippen molar-refractivity contribution in [3.8, 4) is 11.5 Å². The van der Waals surface area contributed by atoms with Crippen LogP contribution in [-0.4, -0.2) is 10.9 Å². The van der Waals surface area contributed by atoms with Crippen molar-refractivity contribution in [1.82, 2.24) is 4.98 Å². The first-order valence-corrected chi connectivity index (χ1v) is 7.36. The van der Waals surface area contributed by atoms with Crippen LogP contribution in [0, 0.1) is 6.92 Å². The van der Waals surface area contributed by atoms with Gasteiger partial charge in [-0.25, -0.2) is 4.98 Å². The Balaban J connectivity index is 1.97. The Kier molecular flexibility index (Phi) is 4.31. The first-order valence-electron chi connectivity index (χ1n) is 7.36. The Morgan fingerprint density at radius 2 is 1.68 bits per heavy atom. The maximum atomic E-state index is 13.2. The average molecular weight is 346 g/mol. The van der Waals surface area contributed by atoms with Gasteiger partial charge in [0.1, 0.15) is 0 Å². The number of amides is 1. The van der Waals surface area contributed by atoms with E-state index in [4.69, 9.17) is 4.42 Å². The zero-order valence-electron chi connectivity index (χ0n) is 13.1. The summed E-state index contributed by atoms with van der Waals surface area (Å²) in [6, 6.07) is 14.7. The van der Waals surface area contributed by atoms with E-state index in [1.165, 1.54) is 0 Å². The molecule has 0 aliphatic rings. The second-order valence-corrected chi connectivity index (χ2v) is 5.38. The minimum absolute atomic E-state index is 0.262. The van der Waals surface area contributed by atoms with Crippen LogP contribution in [0.25, 0.3) is 11.5 Å². The third kappa shape index (κ3) is 3.71. The lowest BCUT2D eigenvalue weighted by molar-refractivity contribution is -0.153. The fraction of sp³-hybridized carbons (Fsp3) is 0.111. The molecule has 0 saturated carbocycles. The van der Waals surface area contributed by atoms with Gasteiger partial charge in [0, 0.05) is 11.3 Å². The SMILES string of the molecule is Cc1ccc(NC(=O)c2nc(-c3ccccc3)oc2C(F)(F)F)cc1. The molecule has 0 bridgehead atoms. The van der Waals surface area contributed by atoms with Gasteiger partial charge in [0.05, 0.1) is 0 Å². The zero-order valence-corrected chi connectivity index (χ0v) is 13.1. The third-order valence-corrected chi connectivity index (χ3v) is 3.43. The van der Waals surface area contributed by atoms with Crippen molar-refractivity contribution < 1.29 is 22.4 Å². The van der Waals surface area contributed by atoms with Gasteiger partial charge in [-0.15, -0.1) is 0 Å². The summed E-state index contributed by atoms with van der Waals surface area (Å²) in [5.74, 6) is -2.67. The van der Waals surface area contributed by atoms with Gasteiger partial charge in [-0.2, -0.15) is 13.2 Å². The molecular weight excluding hydrogens is 333 g/mol. The van der Waals surface area contributed by atoms with Gasteiger partial charge in [-0.05, 0) is 31.2 Å². The largest absolute Gasteiger partial charge is 0.452 e. The number of carbonyl (C=O) groups excluding carboxylic acids is 1. The monoisotopic (exact) mass is 346 g/mol. The summed E-state index contributed by atoms with van der Waals surface area (Å²) in [5.41, 5.74) is 0.879. The molecule has 3 aromatic rings. The van der Waals surface area contributed by atoms with Crippen LogP contribution >= 0.6 is 0 Å². The predicted octanol–water partition coefficient (Wildman–Crippen LogP) is 4.92. The molecule has 1 aromatic heterocycles. The average Bonchev–Trinajstić information content (AvgIpc) is 3.04. The fourth-order valence-electron chi connectivity index (χ4n) is 2.20. The second-order valence-electron chi connectivity index (χ2n) is 5.38. The first kappa shape index (κ1) is 16.8. The van der Waals surface area contributed by atoms with E-state index in [9.17, 15) is 18.0 Å². The third-order valence-electron chi connectivity index (χ3n) is 3.43. The van der Waals surface area contributed by atoms with Gasteiger partial charge in [0.15, 0.2) is 5.69 Å². The molecule has 3 rings (SSSR count). The summed E-state index contributed by atoms with van der Waals surface area (Å²) in [4.78, 5) is 16.0. The van der Waals surface area contributed by atoms with E-state index in [2.05, 4.69) is 10.3 Å². The van der Waals surface area contributed by atoms with E-state index in [1.807, 2.05) is 6.92 Å². The number of halogens is 3. The van der Waals surface area contributed by atoms with Crippen LogP contribution in [0.15, 0.2) is 59.0 Å². The molecule has 1 N–H and O–H groups in total. The summed E-state index contributed by atoms with van der Waals surface area (Å²) in [6.07, 6.45) is -4.83. The number of rotatable bonds is 3. The van der Waals surface area contributed by atoms with Gasteiger partial charge >= 0.3 is 6.18 Å². The molecule has 2 aromatic carbocycles. The Morgan fingerprint density at radius 3 is 2.28 bits per heavy atom. The van der Waals surface area contributed by atoms with Gasteiger partial charge in [-0.1, -0.05) is 35.9 Å². The standard InChI is InChI=1S/C18H13F3N2O2/c1-11-7-9-13(10-8-11)22-16(24)14-15(18(19,20)21)25-17(23-14)12-5-3-2-4-6-12/h2-10H,1H3,(H,22,24). The minimum atomic E-state index is -4.83. The molecule has 0 spiro atoms. The topological polar surface area (TPSA) is 55.1 Å². The molecule has 1 heterocycles. The van der Waals surface area contributed by atoms with Gasteiger partial charge in [0.2, 0.25) is 11.7 Å². The van der Waals surface area contributed by atoms with Gasteiger partial charge in [0.25, 0.3) is 5.91 Å². The van der Waals surface area contributed by atoms with Gasteiger partial charge < -0.3 is 9.73 Å². The van der Waals surface area contributed by atoms with Crippen LogP contribution < -0.4 is 5.32 Å². The Bertz CT molecular complexity index is 885. The molecule has 0 fully saturated rings. The van der Waals surface area contributed by atoms with Crippen LogP contribution in [0.3, 0.4) is 0 Å². The number of hydrogen-bond acceptors (Lipinski definition) is 3. The lowest BCUT2D eigenvalue weighted by Gasteiger charge is -2.06. The summed E-state index contributed by atoms with van der Waals surface area (Å²) >= 11 is 0. The summed E-state index contributed by atoms with van der Waals surface area (Å²) in [6.45, 7) is 1.86. The molecule has 0 atom stereocenters. The molecule has 0 radical (unpaired) electrons. The quantitative estimate of drug-likeness (QED) is 0.732. The summed E-state index contributed by atoms with van der Waals surface area (Å²) in [7, 11) is 0. The normalized spacial score (nSPS) is 11.4. The highest BCUT2D eigenvalue weighted by Crippen LogP contribution is 2.35. The van der Waals surface area contributed by atoms with Crippen molar-refractivity contribution in [2.45, 2.75) is 13.1 Å². The van der Waals surface area contributed by atoms with Crippen LogP contribution in [0.5, 0.6) is 0 Å². The Hall–Kier alpha value is -3.09. The first-order chi connectivity index (χ1) is 11.8. The fourth-order valence-corrected chi connectivity index (χ4v) is 2.20. The maximum Gasteiger partial charge on any atom is 0.452 e. The number of aromatic nitrogens is 1. The molecule has 128 valence electrons. The second kappa shape index (κ2) is 6.43. The number of nitrogens with one attached hydrogen (secondary N) is 1. The summed E-state index contributed by atoms with van der Waals surface area (Å²) in [5, 5.41) is 2.40. The van der Waals surface area contributed by atoms with Crippen molar-refractivity contribution in [3.63, 3.8) is 0 Å². The van der Waals surface area contributed by atoms with Crippen molar-refractivity contribution in [2.75, 3.05) is 5.32 Å². The lowest BCUT2D eigenvalue weighted by atomic mass is 10.2. The molecule has 0 unspecified atom stereocenters. The number of benzene rings is 2. The number of anilines is 1. The van der Waals surface area contributed by atoms with Crippen molar-refractivity contribution in [1.29, 1.82) is 0 Å². The number of carbonyl (C=O) groups is 1. The van der Waals surface area contributed by atoms with E-state index in [-0.39, 0.29) is 5.89 Å². The van der Waals surface area contributed by atoms with Crippen LogP contribution in [-0.2, 0) is 6.18 Å². The van der Waals surface area contributed by atoms with Gasteiger partial charge in [-0.3, -0.25) is 4.79 Å². The zero-order chi connectivity index (χ0) is 18.0. The van der Waals surface area contributed by atoms with Crippen molar-refractivity contribution in [2.24, 2.45) is 0 Å². The van der Waals surface area contributed by atoms with E-state index in [0.29, 0.717) is 11.3 Å². The number of nitrogens with zero attached hydrogens (tertiary/aromatic N) is 1. The smallest absolute Gasteiger partial charge is 0.431 e. The number of oxazole rings is 1. The Morgan fingerprint density at radius 1 is 1.04 bits per heavy atom. The molecule has 1 amide bonds.